The van der Waals surface area contributed by atoms with Crippen LogP contribution >= 0.6 is 0 Å². The van der Waals surface area contributed by atoms with Crippen molar-refractivity contribution >= 4 is 0 Å². The first kappa shape index (κ1) is 4.09. The molecule has 0 radical (unpaired) electrons. The van der Waals surface area contributed by atoms with Crippen LogP contribution in [0.4, 0.5) is 0 Å². The molecule has 0 aromatic rings. The van der Waals surface area contributed by atoms with E-state index < -0.39 is 0 Å². The second kappa shape index (κ2) is 0.950. The molecule has 0 spiro atoms. The van der Waals surface area contributed by atoms with E-state index in [-0.39, 0.29) is 5.60 Å². The SMILES string of the molecule is CC1(OO)CC1. The minimum Gasteiger partial charge on any atom is -0.251 e. The van der Waals surface area contributed by atoms with E-state index in [2.05, 4.69) is 4.89 Å². The maximum absolute atomic E-state index is 7.97. The van der Waals surface area contributed by atoms with Gasteiger partial charge in [-0.3, -0.25) is 5.26 Å². The average molecular weight is 88.1 g/mol. The first-order chi connectivity index (χ1) is 2.77. The van der Waals surface area contributed by atoms with Crippen LogP contribution in [0.3, 0.4) is 0 Å². The van der Waals surface area contributed by atoms with Gasteiger partial charge in [-0.15, -0.1) is 0 Å². The number of rotatable bonds is 1. The molecule has 0 aromatic heterocycles. The Morgan fingerprint density at radius 1 is 1.67 bits per heavy atom. The van der Waals surface area contributed by atoms with Crippen molar-refractivity contribution < 1.29 is 10.1 Å². The van der Waals surface area contributed by atoms with Gasteiger partial charge in [0.1, 0.15) is 5.60 Å². The molecule has 1 saturated carbocycles. The molecule has 1 aliphatic carbocycles. The quantitative estimate of drug-likeness (QED) is 0.383. The van der Waals surface area contributed by atoms with Crippen molar-refractivity contribution in [2.45, 2.75) is 25.4 Å². The van der Waals surface area contributed by atoms with Crippen LogP contribution in [0.15, 0.2) is 0 Å². The molecule has 0 unspecified atom stereocenters. The Kier molecular flexibility index (Phi) is 0.648. The first-order valence-corrected chi connectivity index (χ1v) is 2.09. The van der Waals surface area contributed by atoms with Gasteiger partial charge < -0.3 is 0 Å². The average Bonchev–Trinajstić information content (AvgIpc) is 2.22. The summed E-state index contributed by atoms with van der Waals surface area (Å²) in [7, 11) is 0. The molecule has 2 heteroatoms. The standard InChI is InChI=1S/C4H8O2/c1-4(6-5)2-3-4/h5H,2-3H2,1H3. The topological polar surface area (TPSA) is 29.5 Å². The lowest BCUT2D eigenvalue weighted by molar-refractivity contribution is -0.285. The van der Waals surface area contributed by atoms with E-state index in [0.717, 1.165) is 12.8 Å². The number of hydrogen-bond acceptors (Lipinski definition) is 2. The molecule has 0 aliphatic heterocycles. The lowest BCUT2D eigenvalue weighted by Crippen LogP contribution is -2.02. The molecule has 36 valence electrons. The van der Waals surface area contributed by atoms with Crippen LogP contribution in [0.25, 0.3) is 0 Å². The third-order valence-corrected chi connectivity index (χ3v) is 1.17. The summed E-state index contributed by atoms with van der Waals surface area (Å²) in [5.74, 6) is 0. The summed E-state index contributed by atoms with van der Waals surface area (Å²) >= 11 is 0. The Morgan fingerprint density at radius 2 is 2.17 bits per heavy atom. The first-order valence-electron chi connectivity index (χ1n) is 2.09. The van der Waals surface area contributed by atoms with Crippen molar-refractivity contribution in [1.29, 1.82) is 0 Å². The minimum absolute atomic E-state index is 0.153. The lowest BCUT2D eigenvalue weighted by Gasteiger charge is -1.96. The van der Waals surface area contributed by atoms with E-state index >= 15 is 0 Å². The molecule has 1 fully saturated rings. The largest absolute Gasteiger partial charge is 0.251 e. The maximum Gasteiger partial charge on any atom is 0.101 e. The van der Waals surface area contributed by atoms with Gasteiger partial charge >= 0.3 is 0 Å². The zero-order valence-electron chi connectivity index (χ0n) is 3.77. The van der Waals surface area contributed by atoms with E-state index in [9.17, 15) is 0 Å². The van der Waals surface area contributed by atoms with Gasteiger partial charge in [0, 0.05) is 0 Å². The molecule has 1 aliphatic rings. The molecule has 0 heterocycles. The molecule has 0 aromatic carbocycles. The lowest BCUT2D eigenvalue weighted by atomic mass is 10.4. The fourth-order valence-corrected chi connectivity index (χ4v) is 0.267. The highest BCUT2D eigenvalue weighted by Crippen LogP contribution is 2.37. The summed E-state index contributed by atoms with van der Waals surface area (Å²) in [6, 6.07) is 0. The Hall–Kier alpha value is -0.0800. The van der Waals surface area contributed by atoms with E-state index in [4.69, 9.17) is 5.26 Å². The van der Waals surface area contributed by atoms with Gasteiger partial charge in [0.2, 0.25) is 0 Å². The third-order valence-electron chi connectivity index (χ3n) is 1.17. The van der Waals surface area contributed by atoms with Gasteiger partial charge in [0.15, 0.2) is 0 Å². The highest BCUT2D eigenvalue weighted by atomic mass is 17.1. The minimum atomic E-state index is -0.153. The molecule has 6 heavy (non-hydrogen) atoms. The summed E-state index contributed by atoms with van der Waals surface area (Å²) in [5.41, 5.74) is -0.153. The molecular weight excluding hydrogens is 80.0 g/mol. The number of hydrogen-bond donors (Lipinski definition) is 1. The van der Waals surface area contributed by atoms with Crippen molar-refractivity contribution in [2.24, 2.45) is 0 Å². The summed E-state index contributed by atoms with van der Waals surface area (Å²) < 4.78 is 0. The van der Waals surface area contributed by atoms with E-state index in [1.807, 2.05) is 6.92 Å². The van der Waals surface area contributed by atoms with Crippen LogP contribution in [0.1, 0.15) is 19.8 Å². The molecule has 1 N–H and O–H groups in total. The Balaban J connectivity index is 2.28. The summed E-state index contributed by atoms with van der Waals surface area (Å²) in [5, 5.41) is 7.97. The van der Waals surface area contributed by atoms with Gasteiger partial charge in [0.25, 0.3) is 0 Å². The highest BCUT2D eigenvalue weighted by molar-refractivity contribution is 4.88. The molecule has 0 atom stereocenters. The van der Waals surface area contributed by atoms with Crippen LogP contribution in [0.2, 0.25) is 0 Å². The van der Waals surface area contributed by atoms with Crippen molar-refractivity contribution in [3.8, 4) is 0 Å². The van der Waals surface area contributed by atoms with Crippen molar-refractivity contribution in [2.75, 3.05) is 0 Å². The van der Waals surface area contributed by atoms with Gasteiger partial charge in [-0.1, -0.05) is 0 Å². The predicted octanol–water partition coefficient (Wildman–Crippen LogP) is 1.03. The highest BCUT2D eigenvalue weighted by Gasteiger charge is 2.39. The normalized spacial score (nSPS) is 27.0. The van der Waals surface area contributed by atoms with Gasteiger partial charge in [-0.25, -0.2) is 4.89 Å². The molecule has 0 bridgehead atoms. The van der Waals surface area contributed by atoms with E-state index in [0.29, 0.717) is 0 Å². The van der Waals surface area contributed by atoms with Crippen molar-refractivity contribution in [3.05, 3.63) is 0 Å². The molecule has 0 saturated heterocycles. The molecule has 1 rings (SSSR count). The monoisotopic (exact) mass is 88.1 g/mol. The van der Waals surface area contributed by atoms with E-state index in [1.165, 1.54) is 0 Å². The van der Waals surface area contributed by atoms with Gasteiger partial charge in [-0.2, -0.15) is 0 Å². The summed E-state index contributed by atoms with van der Waals surface area (Å²) in [6.45, 7) is 1.88. The fraction of sp³-hybridized carbons (Fsp3) is 1.00. The Labute approximate surface area is 36.7 Å². The van der Waals surface area contributed by atoms with Crippen LogP contribution in [-0.2, 0) is 4.89 Å². The van der Waals surface area contributed by atoms with Crippen molar-refractivity contribution in [1.82, 2.24) is 0 Å². The zero-order chi connectivity index (χ0) is 4.62. The predicted molar refractivity (Wildman–Crippen MR) is 21.4 cm³/mol. The molecular formula is C4H8O2. The van der Waals surface area contributed by atoms with E-state index in [1.54, 1.807) is 0 Å². The van der Waals surface area contributed by atoms with Gasteiger partial charge in [0.05, 0.1) is 0 Å². The summed E-state index contributed by atoms with van der Waals surface area (Å²) in [4.78, 5) is 4.05. The van der Waals surface area contributed by atoms with Crippen LogP contribution in [0.5, 0.6) is 0 Å². The molecule has 2 nitrogen and oxygen atoms in total. The van der Waals surface area contributed by atoms with Crippen LogP contribution in [-0.4, -0.2) is 10.9 Å². The maximum atomic E-state index is 7.97. The molecule has 0 amide bonds. The van der Waals surface area contributed by atoms with Crippen LogP contribution in [0, 0.1) is 0 Å². The fourth-order valence-electron chi connectivity index (χ4n) is 0.267. The summed E-state index contributed by atoms with van der Waals surface area (Å²) in [6.07, 6.45) is 2.01. The van der Waals surface area contributed by atoms with Crippen LogP contribution < -0.4 is 0 Å². The third kappa shape index (κ3) is 0.533. The second-order valence-electron chi connectivity index (χ2n) is 2.04. The Bertz CT molecular complexity index is 56.6. The van der Waals surface area contributed by atoms with Gasteiger partial charge in [-0.05, 0) is 19.8 Å². The smallest absolute Gasteiger partial charge is 0.101 e. The second-order valence-corrected chi connectivity index (χ2v) is 2.04. The zero-order valence-corrected chi connectivity index (χ0v) is 3.77. The Morgan fingerprint density at radius 3 is 2.17 bits per heavy atom. The van der Waals surface area contributed by atoms with Crippen molar-refractivity contribution in [3.63, 3.8) is 0 Å².